The molecule has 1 N–H and O–H groups in total. The van der Waals surface area contributed by atoms with Crippen molar-refractivity contribution in [3.05, 3.63) is 11.6 Å². The molecule has 0 aromatic rings. The van der Waals surface area contributed by atoms with Gasteiger partial charge in [0.05, 0.1) is 5.92 Å². The Morgan fingerprint density at radius 3 is 2.14 bits per heavy atom. The van der Waals surface area contributed by atoms with Crippen LogP contribution in [0.4, 0.5) is 13.2 Å². The lowest BCUT2D eigenvalue weighted by molar-refractivity contribution is -0.174. The van der Waals surface area contributed by atoms with Gasteiger partial charge in [0.1, 0.15) is 0 Å². The molecule has 2 atom stereocenters. The molecular weight excluding hydrogens is 191 g/mol. The van der Waals surface area contributed by atoms with Crippen molar-refractivity contribution in [2.75, 3.05) is 0 Å². The molecule has 0 saturated carbocycles. The molecule has 0 fully saturated rings. The molecule has 4 heteroatoms. The van der Waals surface area contributed by atoms with E-state index in [1.165, 1.54) is 13.0 Å². The van der Waals surface area contributed by atoms with Gasteiger partial charge in [0.25, 0.3) is 0 Å². The molecule has 0 spiro atoms. The standard InChI is InChI=1S/C10H16F3N/c1-4-7(3)9(10(11,12)13)8(5-2)6-14/h5-7,9,14H,4H2,1-3H3/b8-5+,14-6?. The number of hydrogen-bond donors (Lipinski definition) is 1. The Morgan fingerprint density at radius 1 is 1.43 bits per heavy atom. The summed E-state index contributed by atoms with van der Waals surface area (Å²) < 4.78 is 37.9. The van der Waals surface area contributed by atoms with E-state index in [4.69, 9.17) is 5.41 Å². The van der Waals surface area contributed by atoms with Gasteiger partial charge in [-0.3, -0.25) is 0 Å². The van der Waals surface area contributed by atoms with Crippen LogP contribution in [0.2, 0.25) is 0 Å². The van der Waals surface area contributed by atoms with E-state index in [1.54, 1.807) is 13.8 Å². The third-order valence-electron chi connectivity index (χ3n) is 2.42. The number of halogens is 3. The maximum atomic E-state index is 12.6. The van der Waals surface area contributed by atoms with E-state index >= 15 is 0 Å². The van der Waals surface area contributed by atoms with Gasteiger partial charge in [-0.05, 0) is 18.4 Å². The highest BCUT2D eigenvalue weighted by Crippen LogP contribution is 2.37. The molecule has 0 rings (SSSR count). The highest BCUT2D eigenvalue weighted by atomic mass is 19.4. The zero-order valence-corrected chi connectivity index (χ0v) is 8.65. The predicted molar refractivity (Wildman–Crippen MR) is 51.5 cm³/mol. The maximum Gasteiger partial charge on any atom is 0.396 e. The summed E-state index contributed by atoms with van der Waals surface area (Å²) in [5.41, 5.74) is 0.0480. The van der Waals surface area contributed by atoms with E-state index in [-0.39, 0.29) is 5.57 Å². The molecule has 82 valence electrons. The molecule has 0 aliphatic carbocycles. The SMILES string of the molecule is C/C=C(\C=N)C(C(C)CC)C(F)(F)F. The number of allylic oxidation sites excluding steroid dienone is 2. The third kappa shape index (κ3) is 3.16. The number of nitrogens with one attached hydrogen (secondary N) is 1. The minimum absolute atomic E-state index is 0.0480. The summed E-state index contributed by atoms with van der Waals surface area (Å²) in [4.78, 5) is 0. The summed E-state index contributed by atoms with van der Waals surface area (Å²) in [5, 5.41) is 6.95. The van der Waals surface area contributed by atoms with Crippen LogP contribution in [-0.2, 0) is 0 Å². The van der Waals surface area contributed by atoms with Gasteiger partial charge < -0.3 is 5.41 Å². The Hall–Kier alpha value is -0.800. The molecule has 2 unspecified atom stereocenters. The van der Waals surface area contributed by atoms with Crippen LogP contribution in [0.1, 0.15) is 27.2 Å². The lowest BCUT2D eigenvalue weighted by Gasteiger charge is -2.26. The van der Waals surface area contributed by atoms with Crippen molar-refractivity contribution in [1.82, 2.24) is 0 Å². The topological polar surface area (TPSA) is 23.9 Å². The van der Waals surface area contributed by atoms with Gasteiger partial charge in [-0.15, -0.1) is 0 Å². The molecular formula is C10H16F3N. The van der Waals surface area contributed by atoms with Gasteiger partial charge in [0, 0.05) is 6.21 Å². The molecule has 0 heterocycles. The van der Waals surface area contributed by atoms with Gasteiger partial charge >= 0.3 is 6.18 Å². The van der Waals surface area contributed by atoms with Crippen LogP contribution in [0.5, 0.6) is 0 Å². The number of rotatable bonds is 4. The molecule has 0 saturated heterocycles. The Balaban J connectivity index is 5.00. The second-order valence-corrected chi connectivity index (χ2v) is 3.34. The summed E-state index contributed by atoms with van der Waals surface area (Å²) in [6, 6.07) is 0. The van der Waals surface area contributed by atoms with Crippen molar-refractivity contribution in [3.63, 3.8) is 0 Å². The summed E-state index contributed by atoms with van der Waals surface area (Å²) in [7, 11) is 0. The normalized spacial score (nSPS) is 17.7. The van der Waals surface area contributed by atoms with E-state index in [9.17, 15) is 13.2 Å². The Bertz CT molecular complexity index is 218. The summed E-state index contributed by atoms with van der Waals surface area (Å²) in [5.74, 6) is -1.99. The highest BCUT2D eigenvalue weighted by Gasteiger charge is 2.43. The lowest BCUT2D eigenvalue weighted by atomic mass is 9.85. The maximum absolute atomic E-state index is 12.6. The van der Waals surface area contributed by atoms with E-state index in [0.717, 1.165) is 6.21 Å². The van der Waals surface area contributed by atoms with Crippen molar-refractivity contribution >= 4 is 6.21 Å². The van der Waals surface area contributed by atoms with Gasteiger partial charge in [0.2, 0.25) is 0 Å². The first kappa shape index (κ1) is 13.2. The van der Waals surface area contributed by atoms with Gasteiger partial charge in [-0.1, -0.05) is 26.3 Å². The quantitative estimate of drug-likeness (QED) is 0.678. The molecule has 14 heavy (non-hydrogen) atoms. The molecule has 0 bridgehead atoms. The van der Waals surface area contributed by atoms with Gasteiger partial charge in [0.15, 0.2) is 0 Å². The smallest absolute Gasteiger partial charge is 0.308 e. The molecule has 0 radical (unpaired) electrons. The molecule has 1 nitrogen and oxygen atoms in total. The minimum Gasteiger partial charge on any atom is -0.308 e. The van der Waals surface area contributed by atoms with E-state index in [0.29, 0.717) is 6.42 Å². The number of hydrogen-bond acceptors (Lipinski definition) is 1. The van der Waals surface area contributed by atoms with Crippen LogP contribution < -0.4 is 0 Å². The van der Waals surface area contributed by atoms with Crippen LogP contribution in [-0.4, -0.2) is 12.4 Å². The second kappa shape index (κ2) is 5.17. The summed E-state index contributed by atoms with van der Waals surface area (Å²) in [6.07, 6.45) is -1.65. The first-order valence-corrected chi connectivity index (χ1v) is 4.61. The zero-order chi connectivity index (χ0) is 11.4. The highest BCUT2D eigenvalue weighted by molar-refractivity contribution is 5.76. The Morgan fingerprint density at radius 2 is 1.93 bits per heavy atom. The van der Waals surface area contributed by atoms with Crippen LogP contribution in [0, 0.1) is 17.2 Å². The predicted octanol–water partition coefficient (Wildman–Crippen LogP) is 3.81. The van der Waals surface area contributed by atoms with E-state index < -0.39 is 18.0 Å². The van der Waals surface area contributed by atoms with Crippen LogP contribution in [0.25, 0.3) is 0 Å². The van der Waals surface area contributed by atoms with Gasteiger partial charge in [-0.25, -0.2) is 0 Å². The molecule has 0 aromatic heterocycles. The average Bonchev–Trinajstić information content (AvgIpc) is 2.10. The zero-order valence-electron chi connectivity index (χ0n) is 8.65. The first-order valence-electron chi connectivity index (χ1n) is 4.61. The van der Waals surface area contributed by atoms with Crippen LogP contribution in [0.15, 0.2) is 11.6 Å². The first-order chi connectivity index (χ1) is 6.38. The molecule has 0 aliphatic heterocycles. The average molecular weight is 207 g/mol. The summed E-state index contributed by atoms with van der Waals surface area (Å²) >= 11 is 0. The molecule has 0 aliphatic rings. The van der Waals surface area contributed by atoms with Crippen LogP contribution >= 0.6 is 0 Å². The monoisotopic (exact) mass is 207 g/mol. The fourth-order valence-electron chi connectivity index (χ4n) is 1.43. The molecule has 0 amide bonds. The number of alkyl halides is 3. The van der Waals surface area contributed by atoms with Crippen molar-refractivity contribution < 1.29 is 13.2 Å². The van der Waals surface area contributed by atoms with Crippen molar-refractivity contribution in [1.29, 1.82) is 5.41 Å². The fraction of sp³-hybridized carbons (Fsp3) is 0.700. The lowest BCUT2D eigenvalue weighted by Crippen LogP contribution is -2.31. The Kier molecular flexibility index (Phi) is 4.88. The molecule has 0 aromatic carbocycles. The Labute approximate surface area is 82.5 Å². The van der Waals surface area contributed by atoms with E-state index in [2.05, 4.69) is 0 Å². The second-order valence-electron chi connectivity index (χ2n) is 3.34. The van der Waals surface area contributed by atoms with Crippen molar-refractivity contribution in [3.8, 4) is 0 Å². The van der Waals surface area contributed by atoms with Crippen LogP contribution in [0.3, 0.4) is 0 Å². The van der Waals surface area contributed by atoms with Crippen molar-refractivity contribution in [2.24, 2.45) is 11.8 Å². The fourth-order valence-corrected chi connectivity index (χ4v) is 1.43. The van der Waals surface area contributed by atoms with Gasteiger partial charge in [-0.2, -0.15) is 13.2 Å². The third-order valence-corrected chi connectivity index (χ3v) is 2.42. The van der Waals surface area contributed by atoms with E-state index in [1.807, 2.05) is 0 Å². The minimum atomic E-state index is -4.26. The van der Waals surface area contributed by atoms with Crippen molar-refractivity contribution in [2.45, 2.75) is 33.4 Å². The largest absolute Gasteiger partial charge is 0.396 e. The summed E-state index contributed by atoms with van der Waals surface area (Å²) in [6.45, 7) is 4.81.